The van der Waals surface area contributed by atoms with E-state index in [0.717, 1.165) is 5.56 Å². The van der Waals surface area contributed by atoms with Gasteiger partial charge in [0.05, 0.1) is 0 Å². The third-order valence-electron chi connectivity index (χ3n) is 2.58. The molecule has 0 spiro atoms. The van der Waals surface area contributed by atoms with Crippen LogP contribution in [0, 0.1) is 10.1 Å². The predicted octanol–water partition coefficient (Wildman–Crippen LogP) is 0.858. The van der Waals surface area contributed by atoms with Crippen LogP contribution in [0.25, 0.3) is 0 Å². The molecule has 0 fully saturated rings. The maximum absolute atomic E-state index is 11.1. The third kappa shape index (κ3) is 4.80. The quantitative estimate of drug-likeness (QED) is 0.244. The van der Waals surface area contributed by atoms with Crippen molar-refractivity contribution in [3.8, 4) is 0 Å². The van der Waals surface area contributed by atoms with Crippen molar-refractivity contribution in [1.82, 2.24) is 14.8 Å². The number of carbonyl (C=O) groups excluding carboxylic acids is 1. The number of hydrogen-bond donors (Lipinski definition) is 0. The smallest absolute Gasteiger partial charge is 0.237 e. The van der Waals surface area contributed by atoms with E-state index in [1.54, 1.807) is 31.1 Å². The molecule has 1 heterocycles. The number of nitrogens with zero attached hydrogens (tertiary/aromatic N) is 4. The summed E-state index contributed by atoms with van der Waals surface area (Å²) in [5, 5.41) is 11.0. The van der Waals surface area contributed by atoms with Crippen molar-refractivity contribution in [2.75, 3.05) is 20.6 Å². The fourth-order valence-electron chi connectivity index (χ4n) is 1.62. The highest BCUT2D eigenvalue weighted by Crippen LogP contribution is 2.10. The van der Waals surface area contributed by atoms with Gasteiger partial charge in [-0.15, -0.1) is 0 Å². The summed E-state index contributed by atoms with van der Waals surface area (Å²) in [4.78, 5) is 28.2. The Labute approximate surface area is 115 Å². The average molecular weight is 287 g/mol. The van der Waals surface area contributed by atoms with E-state index in [0.29, 0.717) is 11.6 Å². The van der Waals surface area contributed by atoms with Gasteiger partial charge in [-0.2, -0.15) is 0 Å². The van der Waals surface area contributed by atoms with E-state index in [1.165, 1.54) is 11.1 Å². The number of carbonyl (C=O) groups is 1. The van der Waals surface area contributed by atoms with Crippen LogP contribution in [0.3, 0.4) is 0 Å². The number of rotatable bonds is 7. The van der Waals surface area contributed by atoms with E-state index >= 15 is 0 Å². The minimum Gasteiger partial charge on any atom is -0.319 e. The molecule has 104 valence electrons. The van der Waals surface area contributed by atoms with Crippen molar-refractivity contribution < 1.29 is 9.72 Å². The highest BCUT2D eigenvalue weighted by atomic mass is 35.5. The van der Waals surface area contributed by atoms with Crippen molar-refractivity contribution in [3.63, 3.8) is 0 Å². The lowest BCUT2D eigenvalue weighted by molar-refractivity contribution is -0.490. The zero-order chi connectivity index (χ0) is 14.4. The van der Waals surface area contributed by atoms with Crippen LogP contribution in [0.2, 0.25) is 5.15 Å². The molecule has 0 saturated heterocycles. The Balaban J connectivity index is 2.82. The maximum atomic E-state index is 11.1. The molecule has 0 aromatic carbocycles. The van der Waals surface area contributed by atoms with Crippen LogP contribution in [0.15, 0.2) is 18.3 Å². The standard InChI is InChI=1S/C11H15ClN4O3/c1-14(2)11(7-16(18)19)15(8-17)6-9-3-4-10(12)13-5-9/h3-5,8,11H,6-7H2,1-2H3. The topological polar surface area (TPSA) is 79.6 Å². The largest absolute Gasteiger partial charge is 0.319 e. The van der Waals surface area contributed by atoms with E-state index < -0.39 is 11.1 Å². The summed E-state index contributed by atoms with van der Waals surface area (Å²) in [6, 6.07) is 3.34. The van der Waals surface area contributed by atoms with Crippen LogP contribution in [0.1, 0.15) is 5.56 Å². The molecule has 1 aromatic rings. The molecular weight excluding hydrogens is 272 g/mol. The van der Waals surface area contributed by atoms with Crippen molar-refractivity contribution in [2.45, 2.75) is 12.7 Å². The molecule has 0 N–H and O–H groups in total. The van der Waals surface area contributed by atoms with Gasteiger partial charge in [0, 0.05) is 17.7 Å². The highest BCUT2D eigenvalue weighted by Gasteiger charge is 2.24. The lowest BCUT2D eigenvalue weighted by Gasteiger charge is -2.30. The van der Waals surface area contributed by atoms with Crippen LogP contribution >= 0.6 is 11.6 Å². The normalized spacial score (nSPS) is 12.2. The van der Waals surface area contributed by atoms with E-state index in [1.807, 2.05) is 0 Å². The van der Waals surface area contributed by atoms with Crippen molar-refractivity contribution in [3.05, 3.63) is 39.2 Å². The third-order valence-corrected chi connectivity index (χ3v) is 2.80. The van der Waals surface area contributed by atoms with Crippen molar-refractivity contribution in [2.24, 2.45) is 0 Å². The maximum Gasteiger partial charge on any atom is 0.237 e. The van der Waals surface area contributed by atoms with Gasteiger partial charge in [-0.25, -0.2) is 4.98 Å². The molecular formula is C11H15ClN4O3. The Kier molecular flexibility index (Phi) is 5.65. The molecule has 7 nitrogen and oxygen atoms in total. The van der Waals surface area contributed by atoms with Crippen LogP contribution in [0.4, 0.5) is 0 Å². The first-order valence-electron chi connectivity index (χ1n) is 5.53. The second-order valence-electron chi connectivity index (χ2n) is 4.23. The monoisotopic (exact) mass is 286 g/mol. The van der Waals surface area contributed by atoms with Crippen LogP contribution in [-0.4, -0.2) is 52.9 Å². The first-order chi connectivity index (χ1) is 8.93. The first kappa shape index (κ1) is 15.3. The van der Waals surface area contributed by atoms with Gasteiger partial charge in [-0.3, -0.25) is 19.8 Å². The summed E-state index contributed by atoms with van der Waals surface area (Å²) in [5.74, 6) is 0. The summed E-state index contributed by atoms with van der Waals surface area (Å²) in [6.07, 6.45) is 1.53. The lowest BCUT2D eigenvalue weighted by atomic mass is 10.2. The molecule has 8 heteroatoms. The number of nitro groups is 1. The van der Waals surface area contributed by atoms with Gasteiger partial charge < -0.3 is 4.90 Å². The Morgan fingerprint density at radius 1 is 1.53 bits per heavy atom. The highest BCUT2D eigenvalue weighted by molar-refractivity contribution is 6.29. The minimum absolute atomic E-state index is 0.240. The van der Waals surface area contributed by atoms with Crippen LogP contribution < -0.4 is 0 Å². The zero-order valence-corrected chi connectivity index (χ0v) is 11.4. The fraction of sp³-hybridized carbons (Fsp3) is 0.455. The van der Waals surface area contributed by atoms with Gasteiger partial charge in [0.1, 0.15) is 5.15 Å². The molecule has 0 aliphatic carbocycles. The molecule has 0 aliphatic heterocycles. The Hall–Kier alpha value is -1.73. The first-order valence-corrected chi connectivity index (χ1v) is 5.91. The van der Waals surface area contributed by atoms with Crippen molar-refractivity contribution in [1.29, 1.82) is 0 Å². The Bertz CT molecular complexity index is 438. The summed E-state index contributed by atoms with van der Waals surface area (Å²) < 4.78 is 0. The van der Waals surface area contributed by atoms with E-state index in [2.05, 4.69) is 4.98 Å². The molecule has 1 rings (SSSR count). The molecule has 0 bridgehead atoms. The van der Waals surface area contributed by atoms with Crippen LogP contribution in [-0.2, 0) is 11.3 Å². The number of aromatic nitrogens is 1. The van der Waals surface area contributed by atoms with E-state index in [-0.39, 0.29) is 13.1 Å². The SMILES string of the molecule is CN(C)C(C[N+](=O)[O-])N(C=O)Cc1ccc(Cl)nc1. The molecule has 0 saturated carbocycles. The van der Waals surface area contributed by atoms with Gasteiger partial charge in [-0.05, 0) is 25.7 Å². The predicted molar refractivity (Wildman–Crippen MR) is 70.2 cm³/mol. The molecule has 19 heavy (non-hydrogen) atoms. The van der Waals surface area contributed by atoms with E-state index in [9.17, 15) is 14.9 Å². The van der Waals surface area contributed by atoms with Gasteiger partial charge in [0.2, 0.25) is 13.0 Å². The van der Waals surface area contributed by atoms with Gasteiger partial charge in [0.15, 0.2) is 6.17 Å². The number of amides is 1. The summed E-state index contributed by atoms with van der Waals surface area (Å²) in [7, 11) is 3.37. The zero-order valence-electron chi connectivity index (χ0n) is 10.7. The molecule has 0 radical (unpaired) electrons. The van der Waals surface area contributed by atoms with E-state index in [4.69, 9.17) is 11.6 Å². The number of likely N-dealkylation sites (N-methyl/N-ethyl adjacent to an activating group) is 1. The van der Waals surface area contributed by atoms with Crippen LogP contribution in [0.5, 0.6) is 0 Å². The fourth-order valence-corrected chi connectivity index (χ4v) is 1.73. The van der Waals surface area contributed by atoms with Gasteiger partial charge in [-0.1, -0.05) is 17.7 Å². The minimum atomic E-state index is -0.608. The molecule has 1 unspecified atom stereocenters. The summed E-state index contributed by atoms with van der Waals surface area (Å²) in [6.45, 7) is -0.100. The lowest BCUT2D eigenvalue weighted by Crippen LogP contribution is -2.48. The van der Waals surface area contributed by atoms with Crippen molar-refractivity contribution >= 4 is 18.0 Å². The Morgan fingerprint density at radius 3 is 2.63 bits per heavy atom. The Morgan fingerprint density at radius 2 is 2.21 bits per heavy atom. The molecule has 1 atom stereocenters. The summed E-state index contributed by atoms with van der Waals surface area (Å²) in [5.41, 5.74) is 0.756. The number of pyridine rings is 1. The number of hydrogen-bond acceptors (Lipinski definition) is 5. The molecule has 0 aliphatic rings. The average Bonchev–Trinajstić information content (AvgIpc) is 2.35. The molecule has 1 amide bonds. The van der Waals surface area contributed by atoms with Gasteiger partial charge >= 0.3 is 0 Å². The molecule has 1 aromatic heterocycles. The second-order valence-corrected chi connectivity index (χ2v) is 4.61. The second kappa shape index (κ2) is 7.01. The van der Waals surface area contributed by atoms with Gasteiger partial charge in [0.25, 0.3) is 0 Å². The number of halogens is 1. The summed E-state index contributed by atoms with van der Waals surface area (Å²) >= 11 is 5.67.